The molecule has 3 rings (SSSR count). The van der Waals surface area contributed by atoms with E-state index in [1.807, 2.05) is 42.5 Å². The Kier molecular flexibility index (Phi) is 4.73. The summed E-state index contributed by atoms with van der Waals surface area (Å²) in [6, 6.07) is 17.1. The number of aromatic nitrogens is 2. The molecule has 0 unspecified atom stereocenters. The van der Waals surface area contributed by atoms with Crippen LogP contribution in [0.15, 0.2) is 53.1 Å². The van der Waals surface area contributed by atoms with Crippen molar-refractivity contribution in [3.63, 3.8) is 0 Å². The molecule has 0 bridgehead atoms. The molecule has 1 N–H and O–H groups in total. The van der Waals surface area contributed by atoms with Gasteiger partial charge in [0.05, 0.1) is 18.2 Å². The second-order valence-corrected chi connectivity index (χ2v) is 5.22. The molecule has 0 saturated heterocycles. The Hall–Kier alpha value is -3.33. The highest BCUT2D eigenvalue weighted by Gasteiger charge is 2.03. The SMILES string of the molecule is Cc1noc(CNc2cccc(OCc3cccc(C#N)c3)c2)n1. The van der Waals surface area contributed by atoms with Gasteiger partial charge in [-0.1, -0.05) is 23.4 Å². The molecule has 1 aromatic heterocycles. The maximum absolute atomic E-state index is 8.92. The Balaban J connectivity index is 1.59. The summed E-state index contributed by atoms with van der Waals surface area (Å²) < 4.78 is 10.8. The fourth-order valence-electron chi connectivity index (χ4n) is 2.18. The van der Waals surface area contributed by atoms with Crippen molar-refractivity contribution in [2.75, 3.05) is 5.32 Å². The predicted octanol–water partition coefficient (Wildman–Crippen LogP) is 3.44. The van der Waals surface area contributed by atoms with Gasteiger partial charge < -0.3 is 14.6 Å². The van der Waals surface area contributed by atoms with Crippen molar-refractivity contribution in [2.24, 2.45) is 0 Å². The van der Waals surface area contributed by atoms with Crippen LogP contribution in [0.1, 0.15) is 22.8 Å². The molecular formula is C18H16N4O2. The van der Waals surface area contributed by atoms with Gasteiger partial charge in [-0.3, -0.25) is 0 Å². The third-order valence-electron chi connectivity index (χ3n) is 3.31. The molecule has 3 aromatic rings. The molecule has 120 valence electrons. The molecule has 6 nitrogen and oxygen atoms in total. The molecule has 0 atom stereocenters. The van der Waals surface area contributed by atoms with Crippen molar-refractivity contribution < 1.29 is 9.26 Å². The van der Waals surface area contributed by atoms with Gasteiger partial charge in [0.2, 0.25) is 5.89 Å². The quantitative estimate of drug-likeness (QED) is 0.749. The van der Waals surface area contributed by atoms with Crippen molar-refractivity contribution in [3.8, 4) is 11.8 Å². The lowest BCUT2D eigenvalue weighted by atomic mass is 10.1. The summed E-state index contributed by atoms with van der Waals surface area (Å²) in [5, 5.41) is 15.9. The van der Waals surface area contributed by atoms with E-state index in [4.69, 9.17) is 14.5 Å². The number of anilines is 1. The monoisotopic (exact) mass is 320 g/mol. The zero-order chi connectivity index (χ0) is 16.8. The minimum atomic E-state index is 0.405. The van der Waals surface area contributed by atoms with Gasteiger partial charge in [-0.05, 0) is 36.8 Å². The Morgan fingerprint density at radius 3 is 2.88 bits per heavy atom. The van der Waals surface area contributed by atoms with Gasteiger partial charge in [-0.15, -0.1) is 0 Å². The smallest absolute Gasteiger partial charge is 0.245 e. The number of nitrogens with one attached hydrogen (secondary N) is 1. The summed E-state index contributed by atoms with van der Waals surface area (Å²) >= 11 is 0. The summed E-state index contributed by atoms with van der Waals surface area (Å²) in [6.07, 6.45) is 0. The van der Waals surface area contributed by atoms with E-state index in [0.717, 1.165) is 17.0 Å². The van der Waals surface area contributed by atoms with Crippen molar-refractivity contribution in [1.29, 1.82) is 5.26 Å². The summed E-state index contributed by atoms with van der Waals surface area (Å²) in [5.74, 6) is 1.89. The molecular weight excluding hydrogens is 304 g/mol. The van der Waals surface area contributed by atoms with Gasteiger partial charge in [0.1, 0.15) is 12.4 Å². The van der Waals surface area contributed by atoms with Crippen LogP contribution in [0.3, 0.4) is 0 Å². The molecule has 0 fully saturated rings. The van der Waals surface area contributed by atoms with Crippen molar-refractivity contribution in [2.45, 2.75) is 20.1 Å². The molecule has 0 aliphatic heterocycles. The number of ether oxygens (including phenoxy) is 1. The second kappa shape index (κ2) is 7.29. The first-order valence-corrected chi connectivity index (χ1v) is 7.48. The highest BCUT2D eigenvalue weighted by molar-refractivity contribution is 5.48. The first-order chi connectivity index (χ1) is 11.7. The number of nitriles is 1. The van der Waals surface area contributed by atoms with E-state index in [2.05, 4.69) is 21.5 Å². The van der Waals surface area contributed by atoms with Crippen molar-refractivity contribution in [1.82, 2.24) is 10.1 Å². The van der Waals surface area contributed by atoms with Crippen LogP contribution in [0.2, 0.25) is 0 Å². The molecule has 0 radical (unpaired) electrons. The molecule has 1 heterocycles. The zero-order valence-electron chi connectivity index (χ0n) is 13.2. The summed E-state index contributed by atoms with van der Waals surface area (Å²) in [5.41, 5.74) is 2.48. The number of rotatable bonds is 6. The summed E-state index contributed by atoms with van der Waals surface area (Å²) in [4.78, 5) is 4.14. The number of nitrogens with zero attached hydrogens (tertiary/aromatic N) is 3. The normalized spacial score (nSPS) is 10.2. The van der Waals surface area contributed by atoms with Gasteiger partial charge in [0.15, 0.2) is 5.82 Å². The molecule has 0 aliphatic carbocycles. The Morgan fingerprint density at radius 2 is 2.08 bits per heavy atom. The molecule has 24 heavy (non-hydrogen) atoms. The predicted molar refractivity (Wildman–Crippen MR) is 88.3 cm³/mol. The van der Waals surface area contributed by atoms with Crippen LogP contribution in [-0.4, -0.2) is 10.1 Å². The average Bonchev–Trinajstić information content (AvgIpc) is 3.04. The molecule has 2 aromatic carbocycles. The summed E-state index contributed by atoms with van der Waals surface area (Å²) in [7, 11) is 0. The average molecular weight is 320 g/mol. The molecule has 0 aliphatic rings. The third-order valence-corrected chi connectivity index (χ3v) is 3.31. The molecule has 0 amide bonds. The Bertz CT molecular complexity index is 867. The fraction of sp³-hybridized carbons (Fsp3) is 0.167. The number of aryl methyl sites for hydroxylation is 1. The van der Waals surface area contributed by atoms with Gasteiger partial charge in [-0.2, -0.15) is 10.2 Å². The Labute approximate surface area is 139 Å². The van der Waals surface area contributed by atoms with Crippen LogP contribution in [-0.2, 0) is 13.2 Å². The molecule has 6 heteroatoms. The third kappa shape index (κ3) is 4.11. The van der Waals surface area contributed by atoms with E-state index < -0.39 is 0 Å². The first kappa shape index (κ1) is 15.6. The van der Waals surface area contributed by atoms with E-state index >= 15 is 0 Å². The van der Waals surface area contributed by atoms with Crippen LogP contribution in [0.4, 0.5) is 5.69 Å². The number of hydrogen-bond donors (Lipinski definition) is 1. The van der Waals surface area contributed by atoms with E-state index in [0.29, 0.717) is 30.4 Å². The second-order valence-electron chi connectivity index (χ2n) is 5.22. The van der Waals surface area contributed by atoms with Gasteiger partial charge in [-0.25, -0.2) is 0 Å². The fourth-order valence-corrected chi connectivity index (χ4v) is 2.18. The van der Waals surface area contributed by atoms with E-state index in [-0.39, 0.29) is 0 Å². The van der Waals surface area contributed by atoms with Crippen molar-refractivity contribution in [3.05, 3.63) is 71.4 Å². The standard InChI is InChI=1S/C18H16N4O2/c1-13-21-18(24-22-13)11-20-16-6-3-7-17(9-16)23-12-15-5-2-4-14(8-15)10-19/h2-9,20H,11-12H2,1H3. The topological polar surface area (TPSA) is 84.0 Å². The molecule has 0 spiro atoms. The minimum Gasteiger partial charge on any atom is -0.489 e. The van der Waals surface area contributed by atoms with Crippen LogP contribution in [0, 0.1) is 18.3 Å². The van der Waals surface area contributed by atoms with Gasteiger partial charge in [0.25, 0.3) is 0 Å². The van der Waals surface area contributed by atoms with Crippen LogP contribution >= 0.6 is 0 Å². The van der Waals surface area contributed by atoms with E-state index in [1.165, 1.54) is 0 Å². The van der Waals surface area contributed by atoms with E-state index in [9.17, 15) is 0 Å². The number of benzene rings is 2. The largest absolute Gasteiger partial charge is 0.489 e. The van der Waals surface area contributed by atoms with Gasteiger partial charge >= 0.3 is 0 Å². The lowest BCUT2D eigenvalue weighted by Crippen LogP contribution is -2.01. The highest BCUT2D eigenvalue weighted by atomic mass is 16.5. The highest BCUT2D eigenvalue weighted by Crippen LogP contribution is 2.19. The molecule has 0 saturated carbocycles. The van der Waals surface area contributed by atoms with E-state index in [1.54, 1.807) is 13.0 Å². The van der Waals surface area contributed by atoms with Crippen LogP contribution in [0.25, 0.3) is 0 Å². The van der Waals surface area contributed by atoms with Gasteiger partial charge in [0, 0.05) is 11.8 Å². The lowest BCUT2D eigenvalue weighted by Gasteiger charge is -2.09. The maximum atomic E-state index is 8.92. The van der Waals surface area contributed by atoms with Crippen LogP contribution < -0.4 is 10.1 Å². The number of hydrogen-bond acceptors (Lipinski definition) is 6. The maximum Gasteiger partial charge on any atom is 0.245 e. The lowest BCUT2D eigenvalue weighted by molar-refractivity contribution is 0.306. The Morgan fingerprint density at radius 1 is 1.21 bits per heavy atom. The zero-order valence-corrected chi connectivity index (χ0v) is 13.2. The van der Waals surface area contributed by atoms with Crippen LogP contribution in [0.5, 0.6) is 5.75 Å². The minimum absolute atomic E-state index is 0.405. The first-order valence-electron chi connectivity index (χ1n) is 7.48. The van der Waals surface area contributed by atoms with Crippen molar-refractivity contribution >= 4 is 5.69 Å². The summed E-state index contributed by atoms with van der Waals surface area (Å²) in [6.45, 7) is 2.64.